The summed E-state index contributed by atoms with van der Waals surface area (Å²) in [6.45, 7) is 5.24. The molecule has 0 aliphatic carbocycles. The lowest BCUT2D eigenvalue weighted by Gasteiger charge is -2.14. The van der Waals surface area contributed by atoms with Crippen LogP contribution in [0.25, 0.3) is 0 Å². The molecular weight excluding hydrogens is 467 g/mol. The summed E-state index contributed by atoms with van der Waals surface area (Å²) < 4.78 is 24.7. The highest BCUT2D eigenvalue weighted by atomic mass is 35.5. The van der Waals surface area contributed by atoms with E-state index in [0.717, 1.165) is 0 Å². The monoisotopic (exact) mass is 492 g/mol. The third-order valence-electron chi connectivity index (χ3n) is 4.40. The van der Waals surface area contributed by atoms with E-state index in [1.807, 2.05) is 6.92 Å². The molecule has 0 fully saturated rings. The molecule has 2 rings (SSSR count). The molecule has 11 heteroatoms. The largest absolute Gasteiger partial charge is 0.490 e. The van der Waals surface area contributed by atoms with E-state index < -0.39 is 30.1 Å². The van der Waals surface area contributed by atoms with Crippen LogP contribution in [0.3, 0.4) is 0 Å². The van der Waals surface area contributed by atoms with Crippen molar-refractivity contribution in [3.63, 3.8) is 0 Å². The summed E-state index contributed by atoms with van der Waals surface area (Å²) in [6, 6.07) is 8.61. The molecular formula is C23H26ClFN4O5. The average Bonchev–Trinajstić information content (AvgIpc) is 2.80. The van der Waals surface area contributed by atoms with Crippen LogP contribution in [0.15, 0.2) is 41.5 Å². The number of amides is 3. The van der Waals surface area contributed by atoms with Gasteiger partial charge in [0.05, 0.1) is 23.5 Å². The van der Waals surface area contributed by atoms with Gasteiger partial charge in [0.1, 0.15) is 5.82 Å². The van der Waals surface area contributed by atoms with E-state index in [1.54, 1.807) is 19.9 Å². The first-order valence-corrected chi connectivity index (χ1v) is 10.9. The molecule has 0 aromatic heterocycles. The molecule has 34 heavy (non-hydrogen) atoms. The lowest BCUT2D eigenvalue weighted by Crippen LogP contribution is -2.41. The van der Waals surface area contributed by atoms with E-state index >= 15 is 0 Å². The Morgan fingerprint density at radius 2 is 1.88 bits per heavy atom. The van der Waals surface area contributed by atoms with Crippen LogP contribution in [0.2, 0.25) is 5.02 Å². The van der Waals surface area contributed by atoms with E-state index in [2.05, 4.69) is 21.2 Å². The number of nitrogens with one attached hydrogen (secondary N) is 3. The number of para-hydroxylation sites is 1. The second kappa shape index (κ2) is 13.1. The molecule has 0 heterocycles. The van der Waals surface area contributed by atoms with Crippen LogP contribution in [0.4, 0.5) is 10.1 Å². The van der Waals surface area contributed by atoms with Crippen molar-refractivity contribution in [3.8, 4) is 11.5 Å². The molecule has 0 aliphatic heterocycles. The van der Waals surface area contributed by atoms with Crippen molar-refractivity contribution in [2.45, 2.75) is 33.2 Å². The van der Waals surface area contributed by atoms with Crippen LogP contribution < -0.4 is 25.5 Å². The molecule has 1 atom stereocenters. The Bertz CT molecular complexity index is 1060. The number of halogens is 2. The SMILES string of the molecule is CCOc1cc(/C=N\NC(=O)C(=O)N[C@H](C)CC)cc(Cl)c1OCC(=O)Nc1ccccc1F. The maximum absolute atomic E-state index is 13.7. The van der Waals surface area contributed by atoms with Gasteiger partial charge in [0.2, 0.25) is 0 Å². The predicted molar refractivity (Wildman–Crippen MR) is 127 cm³/mol. The minimum absolute atomic E-state index is 0.0265. The quantitative estimate of drug-likeness (QED) is 0.267. The van der Waals surface area contributed by atoms with Crippen molar-refractivity contribution >= 4 is 41.2 Å². The van der Waals surface area contributed by atoms with Crippen LogP contribution in [0.5, 0.6) is 11.5 Å². The smallest absolute Gasteiger partial charge is 0.329 e. The number of benzene rings is 2. The fourth-order valence-corrected chi connectivity index (χ4v) is 2.83. The van der Waals surface area contributed by atoms with E-state index in [4.69, 9.17) is 21.1 Å². The lowest BCUT2D eigenvalue weighted by molar-refractivity contribution is -0.139. The molecule has 0 saturated heterocycles. The number of hydrogen-bond acceptors (Lipinski definition) is 6. The summed E-state index contributed by atoms with van der Waals surface area (Å²) in [6.07, 6.45) is 1.96. The standard InChI is InChI=1S/C23H26ClFN4O5/c1-4-14(3)27-22(31)23(32)29-26-12-15-10-16(24)21(19(11-15)33-5-2)34-13-20(30)28-18-9-7-6-8-17(18)25/h6-12,14H,4-5,13H2,1-3H3,(H,27,31)(H,28,30)(H,29,32)/b26-12-/t14-/m1/s1. The van der Waals surface area contributed by atoms with E-state index in [0.29, 0.717) is 12.0 Å². The van der Waals surface area contributed by atoms with Gasteiger partial charge in [-0.2, -0.15) is 5.10 Å². The number of carbonyl (C=O) groups excluding carboxylic acids is 3. The Morgan fingerprint density at radius 1 is 1.15 bits per heavy atom. The van der Waals surface area contributed by atoms with Crippen LogP contribution in [-0.2, 0) is 14.4 Å². The predicted octanol–water partition coefficient (Wildman–Crippen LogP) is 3.26. The Balaban J connectivity index is 2.04. The molecule has 182 valence electrons. The fourth-order valence-electron chi connectivity index (χ4n) is 2.56. The van der Waals surface area contributed by atoms with Gasteiger partial charge < -0.3 is 20.1 Å². The van der Waals surface area contributed by atoms with Crippen molar-refractivity contribution in [2.75, 3.05) is 18.5 Å². The van der Waals surface area contributed by atoms with Gasteiger partial charge in [-0.1, -0.05) is 30.7 Å². The molecule has 3 amide bonds. The molecule has 0 aliphatic rings. The topological polar surface area (TPSA) is 118 Å². The zero-order chi connectivity index (χ0) is 25.1. The van der Waals surface area contributed by atoms with Gasteiger partial charge in [-0.3, -0.25) is 14.4 Å². The summed E-state index contributed by atoms with van der Waals surface area (Å²) in [4.78, 5) is 35.7. The maximum atomic E-state index is 13.7. The Kier molecular flexibility index (Phi) is 10.3. The number of nitrogens with zero attached hydrogens (tertiary/aromatic N) is 1. The lowest BCUT2D eigenvalue weighted by atomic mass is 10.2. The van der Waals surface area contributed by atoms with Crippen molar-refractivity contribution < 1.29 is 28.2 Å². The van der Waals surface area contributed by atoms with Gasteiger partial charge in [-0.15, -0.1) is 0 Å². The highest BCUT2D eigenvalue weighted by molar-refractivity contribution is 6.35. The van der Waals surface area contributed by atoms with Gasteiger partial charge >= 0.3 is 11.8 Å². The highest BCUT2D eigenvalue weighted by Gasteiger charge is 2.16. The second-order valence-electron chi connectivity index (χ2n) is 7.06. The minimum atomic E-state index is -0.909. The van der Waals surface area contributed by atoms with Gasteiger partial charge in [-0.05, 0) is 50.1 Å². The van der Waals surface area contributed by atoms with Gasteiger partial charge in [-0.25, -0.2) is 9.82 Å². The fraction of sp³-hybridized carbons (Fsp3) is 0.304. The molecule has 0 spiro atoms. The molecule has 2 aromatic carbocycles. The molecule has 0 saturated carbocycles. The molecule has 9 nitrogen and oxygen atoms in total. The van der Waals surface area contributed by atoms with Crippen molar-refractivity contribution in [1.29, 1.82) is 0 Å². The Morgan fingerprint density at radius 3 is 2.56 bits per heavy atom. The van der Waals surface area contributed by atoms with Gasteiger partial charge in [0.25, 0.3) is 5.91 Å². The van der Waals surface area contributed by atoms with Crippen LogP contribution >= 0.6 is 11.6 Å². The van der Waals surface area contributed by atoms with E-state index in [-0.39, 0.29) is 34.9 Å². The van der Waals surface area contributed by atoms with Crippen LogP contribution in [0.1, 0.15) is 32.8 Å². The van der Waals surface area contributed by atoms with E-state index in [9.17, 15) is 18.8 Å². The summed E-state index contributed by atoms with van der Waals surface area (Å²) in [5, 5.41) is 8.81. The number of anilines is 1. The zero-order valence-corrected chi connectivity index (χ0v) is 19.7. The van der Waals surface area contributed by atoms with Crippen molar-refractivity contribution in [3.05, 3.63) is 52.8 Å². The zero-order valence-electron chi connectivity index (χ0n) is 19.0. The van der Waals surface area contributed by atoms with Gasteiger partial charge in [0, 0.05) is 6.04 Å². The number of hydrazone groups is 1. The van der Waals surface area contributed by atoms with E-state index in [1.165, 1.54) is 36.5 Å². The van der Waals surface area contributed by atoms with Crippen LogP contribution in [0, 0.1) is 5.82 Å². The number of hydrogen-bond donors (Lipinski definition) is 3. The molecule has 0 unspecified atom stereocenters. The van der Waals surface area contributed by atoms with Crippen LogP contribution in [-0.4, -0.2) is 43.2 Å². The summed E-state index contributed by atoms with van der Waals surface area (Å²) in [5.41, 5.74) is 2.60. The first kappa shape index (κ1) is 26.6. The molecule has 0 bridgehead atoms. The van der Waals surface area contributed by atoms with Crippen molar-refractivity contribution in [2.24, 2.45) is 5.10 Å². The second-order valence-corrected chi connectivity index (χ2v) is 7.47. The summed E-state index contributed by atoms with van der Waals surface area (Å²) in [7, 11) is 0. The first-order chi connectivity index (χ1) is 16.2. The maximum Gasteiger partial charge on any atom is 0.329 e. The number of ether oxygens (including phenoxy) is 2. The summed E-state index contributed by atoms with van der Waals surface area (Å²) >= 11 is 6.29. The minimum Gasteiger partial charge on any atom is -0.490 e. The molecule has 0 radical (unpaired) electrons. The third kappa shape index (κ3) is 8.04. The van der Waals surface area contributed by atoms with Gasteiger partial charge in [0.15, 0.2) is 18.1 Å². The first-order valence-electron chi connectivity index (χ1n) is 10.5. The number of carbonyl (C=O) groups is 3. The molecule has 2 aromatic rings. The third-order valence-corrected chi connectivity index (χ3v) is 4.68. The molecule has 3 N–H and O–H groups in total. The number of rotatable bonds is 10. The Labute approximate surface area is 201 Å². The van der Waals surface area contributed by atoms with Crippen molar-refractivity contribution in [1.82, 2.24) is 10.7 Å². The normalized spacial score (nSPS) is 11.6. The highest BCUT2D eigenvalue weighted by Crippen LogP contribution is 2.36. The average molecular weight is 493 g/mol. The Hall–Kier alpha value is -3.66. The summed E-state index contributed by atoms with van der Waals surface area (Å²) in [5.74, 6) is -2.52.